The van der Waals surface area contributed by atoms with Crippen LogP contribution in [0.4, 0.5) is 0 Å². The summed E-state index contributed by atoms with van der Waals surface area (Å²) in [6, 6.07) is 9.25. The standard InChI is InChI=1S/C20H29N5O3S/c1-4-22-20(23-11-9-17-8-7-16(2)19(14-17)28-3)24-12-13-25-29(26,27)18-6-5-10-21-15-18/h5-8,10,14-15,25H,4,9,11-13H2,1-3H3,(H2,22,23,24). The fraction of sp³-hybridized carbons (Fsp3) is 0.400. The Morgan fingerprint density at radius 1 is 1.21 bits per heavy atom. The Kier molecular flexibility index (Phi) is 8.88. The lowest BCUT2D eigenvalue weighted by Crippen LogP contribution is -2.39. The van der Waals surface area contributed by atoms with E-state index in [1.807, 2.05) is 26.0 Å². The van der Waals surface area contributed by atoms with Crippen LogP contribution >= 0.6 is 0 Å². The van der Waals surface area contributed by atoms with Crippen molar-refractivity contribution in [1.29, 1.82) is 0 Å². The van der Waals surface area contributed by atoms with Gasteiger partial charge in [-0.05, 0) is 49.6 Å². The maximum atomic E-state index is 12.2. The molecule has 9 heteroatoms. The molecule has 0 aliphatic heterocycles. The highest BCUT2D eigenvalue weighted by Gasteiger charge is 2.12. The maximum absolute atomic E-state index is 12.2. The van der Waals surface area contributed by atoms with Gasteiger partial charge in [-0.1, -0.05) is 12.1 Å². The normalized spacial score (nSPS) is 11.9. The van der Waals surface area contributed by atoms with Gasteiger partial charge in [-0.15, -0.1) is 0 Å². The third-order valence-corrected chi connectivity index (χ3v) is 5.59. The molecule has 0 unspecified atom stereocenters. The summed E-state index contributed by atoms with van der Waals surface area (Å²) in [5, 5.41) is 6.42. The number of sulfonamides is 1. The highest BCUT2D eigenvalue weighted by atomic mass is 32.2. The summed E-state index contributed by atoms with van der Waals surface area (Å²) in [7, 11) is -1.90. The van der Waals surface area contributed by atoms with Crippen LogP contribution in [0.1, 0.15) is 18.1 Å². The molecule has 0 bridgehead atoms. The Bertz CT molecular complexity index is 902. The Balaban J connectivity index is 1.83. The number of aromatic nitrogens is 1. The molecule has 1 aromatic carbocycles. The molecule has 2 aromatic rings. The van der Waals surface area contributed by atoms with Gasteiger partial charge in [0.15, 0.2) is 5.96 Å². The quantitative estimate of drug-likeness (QED) is 0.306. The number of rotatable bonds is 10. The zero-order chi connectivity index (χ0) is 21.1. The molecule has 1 aromatic heterocycles. The molecule has 0 radical (unpaired) electrons. The molecule has 0 fully saturated rings. The van der Waals surface area contributed by atoms with Crippen LogP contribution in [0.3, 0.4) is 0 Å². The number of nitrogens with zero attached hydrogens (tertiary/aromatic N) is 2. The van der Waals surface area contributed by atoms with Crippen molar-refractivity contribution in [3.8, 4) is 5.75 Å². The van der Waals surface area contributed by atoms with E-state index in [2.05, 4.69) is 31.4 Å². The lowest BCUT2D eigenvalue weighted by Gasteiger charge is -2.12. The van der Waals surface area contributed by atoms with Gasteiger partial charge in [0.2, 0.25) is 10.0 Å². The molecule has 1 heterocycles. The van der Waals surface area contributed by atoms with Gasteiger partial charge >= 0.3 is 0 Å². The van der Waals surface area contributed by atoms with Gasteiger partial charge in [-0.2, -0.15) is 0 Å². The Morgan fingerprint density at radius 2 is 2.03 bits per heavy atom. The number of methoxy groups -OCH3 is 1. The van der Waals surface area contributed by atoms with E-state index in [1.165, 1.54) is 24.0 Å². The molecule has 0 atom stereocenters. The molecule has 29 heavy (non-hydrogen) atoms. The lowest BCUT2D eigenvalue weighted by atomic mass is 10.1. The van der Waals surface area contributed by atoms with Crippen molar-refractivity contribution in [2.45, 2.75) is 25.2 Å². The van der Waals surface area contributed by atoms with E-state index in [0.717, 1.165) is 17.7 Å². The molecule has 0 aliphatic rings. The van der Waals surface area contributed by atoms with E-state index in [-0.39, 0.29) is 11.4 Å². The van der Waals surface area contributed by atoms with Gasteiger partial charge in [0.1, 0.15) is 10.6 Å². The van der Waals surface area contributed by atoms with Crippen molar-refractivity contribution in [2.75, 3.05) is 33.3 Å². The van der Waals surface area contributed by atoms with Gasteiger partial charge in [-0.25, -0.2) is 13.1 Å². The SMILES string of the molecule is CCNC(=NCCNS(=O)(=O)c1cccnc1)NCCc1ccc(C)c(OC)c1. The largest absolute Gasteiger partial charge is 0.496 e. The van der Waals surface area contributed by atoms with E-state index in [9.17, 15) is 8.42 Å². The fourth-order valence-corrected chi connectivity index (χ4v) is 3.61. The number of hydrogen-bond donors (Lipinski definition) is 3. The monoisotopic (exact) mass is 419 g/mol. The maximum Gasteiger partial charge on any atom is 0.242 e. The topological polar surface area (TPSA) is 105 Å². The van der Waals surface area contributed by atoms with Crippen molar-refractivity contribution < 1.29 is 13.2 Å². The molecule has 0 spiro atoms. The third kappa shape index (κ3) is 7.35. The Labute approximate surface area is 172 Å². The molecule has 0 amide bonds. The Morgan fingerprint density at radius 3 is 2.72 bits per heavy atom. The number of hydrogen-bond acceptors (Lipinski definition) is 5. The van der Waals surface area contributed by atoms with Crippen LogP contribution in [0.25, 0.3) is 0 Å². The highest BCUT2D eigenvalue weighted by molar-refractivity contribution is 7.89. The van der Waals surface area contributed by atoms with Crippen LogP contribution in [0.2, 0.25) is 0 Å². The van der Waals surface area contributed by atoms with E-state index >= 15 is 0 Å². The van der Waals surface area contributed by atoms with Gasteiger partial charge < -0.3 is 15.4 Å². The number of aryl methyl sites for hydroxylation is 1. The first kappa shape index (κ1) is 22.6. The molecule has 0 aliphatic carbocycles. The smallest absolute Gasteiger partial charge is 0.242 e. The number of ether oxygens (including phenoxy) is 1. The van der Waals surface area contributed by atoms with Crippen molar-refractivity contribution in [3.05, 3.63) is 53.9 Å². The van der Waals surface area contributed by atoms with Gasteiger partial charge in [-0.3, -0.25) is 9.98 Å². The van der Waals surface area contributed by atoms with Gasteiger partial charge in [0.05, 0.1) is 13.7 Å². The van der Waals surface area contributed by atoms with Crippen LogP contribution in [-0.4, -0.2) is 52.7 Å². The summed E-state index contributed by atoms with van der Waals surface area (Å²) in [4.78, 5) is 8.39. The summed E-state index contributed by atoms with van der Waals surface area (Å²) >= 11 is 0. The minimum atomic E-state index is -3.57. The van der Waals surface area contributed by atoms with E-state index in [0.29, 0.717) is 25.6 Å². The first-order valence-corrected chi connectivity index (χ1v) is 11.0. The third-order valence-electron chi connectivity index (χ3n) is 4.14. The predicted octanol–water partition coefficient (Wildman–Crippen LogP) is 1.47. The predicted molar refractivity (Wildman–Crippen MR) is 115 cm³/mol. The summed E-state index contributed by atoms with van der Waals surface area (Å²) in [6.45, 7) is 5.91. The first-order chi connectivity index (χ1) is 14.0. The average molecular weight is 420 g/mol. The molecule has 0 saturated heterocycles. The number of benzene rings is 1. The molecule has 8 nitrogen and oxygen atoms in total. The van der Waals surface area contributed by atoms with E-state index in [4.69, 9.17) is 4.74 Å². The lowest BCUT2D eigenvalue weighted by molar-refractivity contribution is 0.411. The van der Waals surface area contributed by atoms with Crippen LogP contribution in [0, 0.1) is 6.92 Å². The zero-order valence-corrected chi connectivity index (χ0v) is 17.9. The van der Waals surface area contributed by atoms with Crippen LogP contribution in [-0.2, 0) is 16.4 Å². The molecule has 3 N–H and O–H groups in total. The van der Waals surface area contributed by atoms with Crippen molar-refractivity contribution in [1.82, 2.24) is 20.3 Å². The van der Waals surface area contributed by atoms with E-state index < -0.39 is 10.0 Å². The molecule has 158 valence electrons. The van der Waals surface area contributed by atoms with Gasteiger partial charge in [0.25, 0.3) is 0 Å². The summed E-state index contributed by atoms with van der Waals surface area (Å²) in [5.41, 5.74) is 2.27. The van der Waals surface area contributed by atoms with Crippen molar-refractivity contribution >= 4 is 16.0 Å². The van der Waals surface area contributed by atoms with E-state index in [1.54, 1.807) is 13.2 Å². The van der Waals surface area contributed by atoms with Crippen molar-refractivity contribution in [3.63, 3.8) is 0 Å². The minimum Gasteiger partial charge on any atom is -0.496 e. The summed E-state index contributed by atoms with van der Waals surface area (Å²) in [5.74, 6) is 1.52. The molecular formula is C20H29N5O3S. The van der Waals surface area contributed by atoms with Crippen LogP contribution in [0.5, 0.6) is 5.75 Å². The molecule has 0 saturated carbocycles. The Hall–Kier alpha value is -2.65. The first-order valence-electron chi connectivity index (χ1n) is 9.51. The second-order valence-electron chi connectivity index (χ2n) is 6.33. The number of aliphatic imine (C=N–C) groups is 1. The number of guanidine groups is 1. The second-order valence-corrected chi connectivity index (χ2v) is 8.09. The van der Waals surface area contributed by atoms with Crippen LogP contribution < -0.4 is 20.1 Å². The van der Waals surface area contributed by atoms with Crippen molar-refractivity contribution in [2.24, 2.45) is 4.99 Å². The highest BCUT2D eigenvalue weighted by Crippen LogP contribution is 2.18. The summed E-state index contributed by atoms with van der Waals surface area (Å²) < 4.78 is 32.2. The minimum absolute atomic E-state index is 0.141. The van der Waals surface area contributed by atoms with Crippen LogP contribution in [0.15, 0.2) is 52.6 Å². The number of pyridine rings is 1. The molecule has 2 rings (SSSR count). The fourth-order valence-electron chi connectivity index (χ4n) is 2.62. The second kappa shape index (κ2) is 11.4. The van der Waals surface area contributed by atoms with Gasteiger partial charge in [0, 0.05) is 32.0 Å². The molecular weight excluding hydrogens is 390 g/mol. The average Bonchev–Trinajstić information content (AvgIpc) is 2.73. The zero-order valence-electron chi connectivity index (χ0n) is 17.1. The summed E-state index contributed by atoms with van der Waals surface area (Å²) in [6.07, 6.45) is 3.66. The number of nitrogens with one attached hydrogen (secondary N) is 3.